The van der Waals surface area contributed by atoms with Crippen molar-refractivity contribution in [2.24, 2.45) is 0 Å². The molecule has 4 rings (SSSR count). The van der Waals surface area contributed by atoms with E-state index < -0.39 is 17.8 Å². The minimum Gasteiger partial charge on any atom is -0.494 e. The van der Waals surface area contributed by atoms with Gasteiger partial charge in [-0.1, -0.05) is 42.5 Å². The number of hydrogen-bond acceptors (Lipinski definition) is 4. The molecule has 1 N–H and O–H groups in total. The van der Waals surface area contributed by atoms with Crippen LogP contribution < -0.4 is 15.0 Å². The van der Waals surface area contributed by atoms with Gasteiger partial charge in [0.15, 0.2) is 0 Å². The number of barbiturate groups is 1. The lowest BCUT2D eigenvalue weighted by molar-refractivity contribution is -0.122. The molecule has 6 nitrogen and oxygen atoms in total. The lowest BCUT2D eigenvalue weighted by atomic mass is 10.00. The molecule has 1 fully saturated rings. The van der Waals surface area contributed by atoms with Gasteiger partial charge >= 0.3 is 6.03 Å². The zero-order valence-electron chi connectivity index (χ0n) is 18.8. The number of hydrogen-bond donors (Lipinski definition) is 1. The lowest BCUT2D eigenvalue weighted by Crippen LogP contribution is -2.54. The molecule has 172 valence electrons. The van der Waals surface area contributed by atoms with E-state index in [0.717, 1.165) is 16.0 Å². The third-order valence-electron chi connectivity index (χ3n) is 5.40. The van der Waals surface area contributed by atoms with Crippen LogP contribution in [-0.2, 0) is 16.0 Å². The predicted molar refractivity (Wildman–Crippen MR) is 127 cm³/mol. The van der Waals surface area contributed by atoms with Crippen LogP contribution in [0.5, 0.6) is 5.75 Å². The summed E-state index contributed by atoms with van der Waals surface area (Å²) < 4.78 is 19.9. The summed E-state index contributed by atoms with van der Waals surface area (Å²) in [5.74, 6) is -1.27. The van der Waals surface area contributed by atoms with Crippen molar-refractivity contribution in [3.8, 4) is 5.75 Å². The first kappa shape index (κ1) is 22.9. The number of carbonyl (C=O) groups is 3. The van der Waals surface area contributed by atoms with E-state index in [9.17, 15) is 18.8 Å². The number of nitrogens with one attached hydrogen (secondary N) is 1. The van der Waals surface area contributed by atoms with Crippen LogP contribution >= 0.6 is 0 Å². The molecule has 0 aliphatic carbocycles. The summed E-state index contributed by atoms with van der Waals surface area (Å²) in [6.07, 6.45) is 1.75. The zero-order valence-corrected chi connectivity index (χ0v) is 18.8. The van der Waals surface area contributed by atoms with Gasteiger partial charge in [-0.15, -0.1) is 0 Å². The Morgan fingerprint density at radius 3 is 2.50 bits per heavy atom. The van der Waals surface area contributed by atoms with Crippen molar-refractivity contribution < 1.29 is 23.5 Å². The fraction of sp³-hybridized carbons (Fsp3) is 0.148. The number of benzene rings is 3. The molecular formula is C27H23FN2O4. The molecule has 0 radical (unpaired) electrons. The summed E-state index contributed by atoms with van der Waals surface area (Å²) in [6, 6.07) is 17.8. The van der Waals surface area contributed by atoms with Crippen molar-refractivity contribution in [3.05, 3.63) is 100 Å². The maximum Gasteiger partial charge on any atom is 0.335 e. The van der Waals surface area contributed by atoms with Crippen LogP contribution in [0.4, 0.5) is 14.9 Å². The normalized spacial score (nSPS) is 15.0. The molecule has 0 aromatic heterocycles. The second kappa shape index (κ2) is 9.70. The Kier molecular flexibility index (Phi) is 6.54. The molecule has 7 heteroatoms. The number of imide groups is 2. The molecule has 0 saturated carbocycles. The number of carbonyl (C=O) groups excluding carboxylic acids is 3. The fourth-order valence-electron chi connectivity index (χ4n) is 3.77. The smallest absolute Gasteiger partial charge is 0.335 e. The molecular weight excluding hydrogens is 435 g/mol. The standard InChI is InChI=1S/C27H23FN2O4/c1-3-34-24-15-18(11-12-20(24)16-19-8-4-5-10-23(19)28)14-22-25(31)29-27(33)30(26(22)32)21-9-6-7-17(2)13-21/h4-15H,3,16H2,1-2H3,(H,29,31,33)/b22-14+. The van der Waals surface area contributed by atoms with Gasteiger partial charge in [-0.05, 0) is 66.4 Å². The molecule has 1 saturated heterocycles. The average Bonchev–Trinajstić information content (AvgIpc) is 2.80. The van der Waals surface area contributed by atoms with Crippen molar-refractivity contribution in [2.45, 2.75) is 20.3 Å². The number of amides is 4. The number of nitrogens with zero attached hydrogens (tertiary/aromatic N) is 1. The quantitative estimate of drug-likeness (QED) is 0.426. The van der Waals surface area contributed by atoms with Gasteiger partial charge < -0.3 is 4.74 Å². The van der Waals surface area contributed by atoms with Crippen molar-refractivity contribution in [1.29, 1.82) is 0 Å². The Labute approximate surface area is 196 Å². The highest BCUT2D eigenvalue weighted by atomic mass is 19.1. The molecule has 1 aliphatic rings. The fourth-order valence-corrected chi connectivity index (χ4v) is 3.77. The number of halogens is 1. The minimum atomic E-state index is -0.798. The van der Waals surface area contributed by atoms with Gasteiger partial charge in [-0.25, -0.2) is 14.1 Å². The van der Waals surface area contributed by atoms with E-state index in [1.54, 1.807) is 54.6 Å². The number of anilines is 1. The van der Waals surface area contributed by atoms with Gasteiger partial charge in [0, 0.05) is 6.42 Å². The molecule has 4 amide bonds. The summed E-state index contributed by atoms with van der Waals surface area (Å²) >= 11 is 0. The third kappa shape index (κ3) is 4.73. The van der Waals surface area contributed by atoms with E-state index in [0.29, 0.717) is 35.6 Å². The largest absolute Gasteiger partial charge is 0.494 e. The SMILES string of the molecule is CCOc1cc(/C=C2\C(=O)NC(=O)N(c3cccc(C)c3)C2=O)ccc1Cc1ccccc1F. The molecule has 0 spiro atoms. The van der Waals surface area contributed by atoms with Gasteiger partial charge in [0.05, 0.1) is 12.3 Å². The van der Waals surface area contributed by atoms with E-state index in [1.165, 1.54) is 12.1 Å². The topological polar surface area (TPSA) is 75.7 Å². The van der Waals surface area contributed by atoms with Crippen molar-refractivity contribution in [1.82, 2.24) is 5.32 Å². The first-order valence-electron chi connectivity index (χ1n) is 10.8. The van der Waals surface area contributed by atoms with Crippen LogP contribution in [-0.4, -0.2) is 24.5 Å². The number of urea groups is 1. The Morgan fingerprint density at radius 1 is 0.971 bits per heavy atom. The van der Waals surface area contributed by atoms with E-state index in [1.807, 2.05) is 19.9 Å². The van der Waals surface area contributed by atoms with Gasteiger partial charge in [0.1, 0.15) is 17.1 Å². The van der Waals surface area contributed by atoms with E-state index in [4.69, 9.17) is 4.74 Å². The first-order chi connectivity index (χ1) is 16.4. The summed E-state index contributed by atoms with van der Waals surface area (Å²) in [5.41, 5.74) is 2.90. The monoisotopic (exact) mass is 458 g/mol. The molecule has 3 aromatic rings. The van der Waals surface area contributed by atoms with Gasteiger partial charge in [0.2, 0.25) is 0 Å². The highest BCUT2D eigenvalue weighted by Gasteiger charge is 2.36. The van der Waals surface area contributed by atoms with Crippen LogP contribution in [0.15, 0.2) is 72.3 Å². The van der Waals surface area contributed by atoms with Crippen LogP contribution in [0.2, 0.25) is 0 Å². The van der Waals surface area contributed by atoms with Crippen LogP contribution in [0, 0.1) is 12.7 Å². The number of aryl methyl sites for hydroxylation is 1. The van der Waals surface area contributed by atoms with Crippen LogP contribution in [0.1, 0.15) is 29.2 Å². The molecule has 0 unspecified atom stereocenters. The van der Waals surface area contributed by atoms with Gasteiger partial charge in [-0.3, -0.25) is 14.9 Å². The van der Waals surface area contributed by atoms with Crippen molar-refractivity contribution in [3.63, 3.8) is 0 Å². The van der Waals surface area contributed by atoms with Crippen molar-refractivity contribution >= 4 is 29.6 Å². The Bertz CT molecular complexity index is 1320. The lowest BCUT2D eigenvalue weighted by Gasteiger charge is -2.26. The number of rotatable bonds is 6. The van der Waals surface area contributed by atoms with Gasteiger partial charge in [-0.2, -0.15) is 0 Å². The number of ether oxygens (including phenoxy) is 1. The highest BCUT2D eigenvalue weighted by Crippen LogP contribution is 2.27. The Balaban J connectivity index is 1.68. The summed E-state index contributed by atoms with van der Waals surface area (Å²) in [7, 11) is 0. The maximum absolute atomic E-state index is 14.1. The van der Waals surface area contributed by atoms with Gasteiger partial charge in [0.25, 0.3) is 11.8 Å². The molecule has 0 atom stereocenters. The molecule has 34 heavy (non-hydrogen) atoms. The average molecular weight is 458 g/mol. The summed E-state index contributed by atoms with van der Waals surface area (Å²) in [4.78, 5) is 39.0. The Morgan fingerprint density at radius 2 is 1.76 bits per heavy atom. The summed E-state index contributed by atoms with van der Waals surface area (Å²) in [5, 5.41) is 2.22. The van der Waals surface area contributed by atoms with E-state index in [-0.39, 0.29) is 11.4 Å². The molecule has 0 bridgehead atoms. The zero-order chi connectivity index (χ0) is 24.2. The Hall–Kier alpha value is -4.26. The second-order valence-corrected chi connectivity index (χ2v) is 7.87. The molecule has 1 aliphatic heterocycles. The predicted octanol–water partition coefficient (Wildman–Crippen LogP) is 4.79. The molecule has 1 heterocycles. The van der Waals surface area contributed by atoms with Crippen LogP contribution in [0.25, 0.3) is 6.08 Å². The van der Waals surface area contributed by atoms with E-state index >= 15 is 0 Å². The maximum atomic E-state index is 14.1. The van der Waals surface area contributed by atoms with Crippen LogP contribution in [0.3, 0.4) is 0 Å². The minimum absolute atomic E-state index is 0.176. The molecule has 3 aromatic carbocycles. The second-order valence-electron chi connectivity index (χ2n) is 7.87. The van der Waals surface area contributed by atoms with Crippen molar-refractivity contribution in [2.75, 3.05) is 11.5 Å². The highest BCUT2D eigenvalue weighted by molar-refractivity contribution is 6.39. The third-order valence-corrected chi connectivity index (χ3v) is 5.40. The summed E-state index contributed by atoms with van der Waals surface area (Å²) in [6.45, 7) is 4.07. The van der Waals surface area contributed by atoms with E-state index in [2.05, 4.69) is 5.32 Å². The first-order valence-corrected chi connectivity index (χ1v) is 10.8.